The van der Waals surface area contributed by atoms with Crippen LogP contribution in [0.3, 0.4) is 0 Å². The molecule has 1 heterocycles. The average molecular weight is 290 g/mol. The van der Waals surface area contributed by atoms with Gasteiger partial charge in [-0.1, -0.05) is 39.3 Å². The predicted octanol–water partition coefficient (Wildman–Crippen LogP) is 3.69. The number of hydrogen-bond donors (Lipinski definition) is 1. The summed E-state index contributed by atoms with van der Waals surface area (Å²) in [6.07, 6.45) is 3.53. The summed E-state index contributed by atoms with van der Waals surface area (Å²) < 4.78 is 5.89. The maximum absolute atomic E-state index is 5.89. The van der Waals surface area contributed by atoms with E-state index in [0.29, 0.717) is 12.0 Å². The second-order valence-electron chi connectivity index (χ2n) is 6.36. The fraction of sp³-hybridized carbons (Fsp3) is 0.667. The Morgan fingerprint density at radius 1 is 1.24 bits per heavy atom. The van der Waals surface area contributed by atoms with Crippen molar-refractivity contribution in [2.75, 3.05) is 31.1 Å². The van der Waals surface area contributed by atoms with E-state index in [2.05, 4.69) is 55.3 Å². The zero-order valence-corrected chi connectivity index (χ0v) is 13.8. The van der Waals surface area contributed by atoms with Gasteiger partial charge in [0.2, 0.25) is 0 Å². The van der Waals surface area contributed by atoms with Crippen LogP contribution in [0.15, 0.2) is 24.3 Å². The van der Waals surface area contributed by atoms with E-state index in [-0.39, 0.29) is 0 Å². The quantitative estimate of drug-likeness (QED) is 0.829. The van der Waals surface area contributed by atoms with Crippen molar-refractivity contribution < 1.29 is 4.74 Å². The first kappa shape index (κ1) is 16.2. The Balaban J connectivity index is 2.10. The SMILES string of the molecule is CCCC(CNCC(C)C)N1CCCOc2ccccc21. The second kappa shape index (κ2) is 8.28. The highest BCUT2D eigenvalue weighted by Crippen LogP contribution is 2.32. The van der Waals surface area contributed by atoms with E-state index in [1.165, 1.54) is 18.5 Å². The number of fused-ring (bicyclic) bond motifs is 1. The lowest BCUT2D eigenvalue weighted by molar-refractivity contribution is 0.322. The van der Waals surface area contributed by atoms with Gasteiger partial charge in [0, 0.05) is 19.1 Å². The molecule has 0 aromatic heterocycles. The summed E-state index contributed by atoms with van der Waals surface area (Å²) in [5.41, 5.74) is 1.26. The van der Waals surface area contributed by atoms with Crippen LogP contribution in [0.1, 0.15) is 40.0 Å². The fourth-order valence-electron chi connectivity index (χ4n) is 2.97. The standard InChI is InChI=1S/C18H30N2O/c1-4-8-16(14-19-13-15(2)3)20-11-7-12-21-18-10-6-5-9-17(18)20/h5-6,9-10,15-16,19H,4,7-8,11-14H2,1-3H3. The molecule has 1 aromatic carbocycles. The molecule has 1 aliphatic heterocycles. The maximum atomic E-state index is 5.89. The monoisotopic (exact) mass is 290 g/mol. The molecule has 0 fully saturated rings. The van der Waals surface area contributed by atoms with Crippen molar-refractivity contribution in [3.63, 3.8) is 0 Å². The highest BCUT2D eigenvalue weighted by Gasteiger charge is 2.22. The third-order valence-corrected chi connectivity index (χ3v) is 3.97. The molecule has 1 N–H and O–H groups in total. The number of nitrogens with zero attached hydrogens (tertiary/aromatic N) is 1. The molecule has 0 bridgehead atoms. The number of rotatable bonds is 7. The van der Waals surface area contributed by atoms with Gasteiger partial charge in [0.15, 0.2) is 0 Å². The van der Waals surface area contributed by atoms with E-state index in [1.807, 2.05) is 0 Å². The van der Waals surface area contributed by atoms with Crippen LogP contribution in [-0.2, 0) is 0 Å². The Kier molecular flexibility index (Phi) is 6.37. The zero-order chi connectivity index (χ0) is 15.1. The van der Waals surface area contributed by atoms with E-state index in [0.717, 1.165) is 38.4 Å². The van der Waals surface area contributed by atoms with Gasteiger partial charge in [0.25, 0.3) is 0 Å². The number of hydrogen-bond acceptors (Lipinski definition) is 3. The molecule has 0 amide bonds. The number of ether oxygens (including phenoxy) is 1. The van der Waals surface area contributed by atoms with E-state index in [9.17, 15) is 0 Å². The third kappa shape index (κ3) is 4.63. The molecule has 2 rings (SSSR count). The van der Waals surface area contributed by atoms with Crippen molar-refractivity contribution in [3.05, 3.63) is 24.3 Å². The highest BCUT2D eigenvalue weighted by molar-refractivity contribution is 5.59. The molecule has 0 aliphatic carbocycles. The Bertz CT molecular complexity index is 419. The molecule has 3 heteroatoms. The largest absolute Gasteiger partial charge is 0.491 e. The molecule has 118 valence electrons. The van der Waals surface area contributed by atoms with Gasteiger partial charge in [-0.15, -0.1) is 0 Å². The molecular weight excluding hydrogens is 260 g/mol. The van der Waals surface area contributed by atoms with Gasteiger partial charge in [0.1, 0.15) is 5.75 Å². The summed E-state index contributed by atoms with van der Waals surface area (Å²) in [7, 11) is 0. The molecular formula is C18H30N2O. The molecule has 3 nitrogen and oxygen atoms in total. The van der Waals surface area contributed by atoms with E-state index < -0.39 is 0 Å². The van der Waals surface area contributed by atoms with Gasteiger partial charge in [-0.25, -0.2) is 0 Å². The van der Waals surface area contributed by atoms with Crippen LogP contribution in [0, 0.1) is 5.92 Å². The average Bonchev–Trinajstić information content (AvgIpc) is 2.68. The van der Waals surface area contributed by atoms with Gasteiger partial charge in [-0.2, -0.15) is 0 Å². The molecule has 1 aliphatic rings. The van der Waals surface area contributed by atoms with Crippen molar-refractivity contribution in [1.82, 2.24) is 5.32 Å². The number of anilines is 1. The molecule has 1 aromatic rings. The summed E-state index contributed by atoms with van der Waals surface area (Å²) in [5.74, 6) is 1.74. The van der Waals surface area contributed by atoms with Crippen LogP contribution in [0.5, 0.6) is 5.75 Å². The number of benzene rings is 1. The molecule has 1 atom stereocenters. The topological polar surface area (TPSA) is 24.5 Å². The molecule has 0 saturated carbocycles. The fourth-order valence-corrected chi connectivity index (χ4v) is 2.97. The van der Waals surface area contributed by atoms with Crippen molar-refractivity contribution in [2.24, 2.45) is 5.92 Å². The summed E-state index contributed by atoms with van der Waals surface area (Å²) in [6, 6.07) is 9.03. The lowest BCUT2D eigenvalue weighted by Crippen LogP contribution is -2.43. The third-order valence-electron chi connectivity index (χ3n) is 3.97. The van der Waals surface area contributed by atoms with Gasteiger partial charge < -0.3 is 15.0 Å². The molecule has 21 heavy (non-hydrogen) atoms. The minimum atomic E-state index is 0.552. The van der Waals surface area contributed by atoms with Crippen molar-refractivity contribution in [2.45, 2.75) is 46.1 Å². The van der Waals surface area contributed by atoms with Crippen LogP contribution >= 0.6 is 0 Å². The van der Waals surface area contributed by atoms with Crippen molar-refractivity contribution in [3.8, 4) is 5.75 Å². The Hall–Kier alpha value is -1.22. The molecule has 0 saturated heterocycles. The van der Waals surface area contributed by atoms with Crippen molar-refractivity contribution >= 4 is 5.69 Å². The zero-order valence-electron chi connectivity index (χ0n) is 13.8. The Labute approximate surface area is 129 Å². The summed E-state index contributed by atoms with van der Waals surface area (Å²) in [5, 5.41) is 3.64. The van der Waals surface area contributed by atoms with Gasteiger partial charge in [-0.3, -0.25) is 0 Å². The lowest BCUT2D eigenvalue weighted by atomic mass is 10.1. The van der Waals surface area contributed by atoms with Gasteiger partial charge in [0.05, 0.1) is 12.3 Å². The first-order valence-electron chi connectivity index (χ1n) is 8.41. The second-order valence-corrected chi connectivity index (χ2v) is 6.36. The molecule has 0 radical (unpaired) electrons. The molecule has 0 spiro atoms. The van der Waals surface area contributed by atoms with Crippen LogP contribution < -0.4 is 15.0 Å². The number of nitrogens with one attached hydrogen (secondary N) is 1. The Morgan fingerprint density at radius 2 is 2.05 bits per heavy atom. The summed E-state index contributed by atoms with van der Waals surface area (Å²) in [6.45, 7) is 10.9. The van der Waals surface area contributed by atoms with E-state index >= 15 is 0 Å². The van der Waals surface area contributed by atoms with Crippen LogP contribution in [-0.4, -0.2) is 32.3 Å². The van der Waals surface area contributed by atoms with Crippen LogP contribution in [0.4, 0.5) is 5.69 Å². The maximum Gasteiger partial charge on any atom is 0.142 e. The lowest BCUT2D eigenvalue weighted by Gasteiger charge is -2.33. The predicted molar refractivity (Wildman–Crippen MR) is 90.3 cm³/mol. The smallest absolute Gasteiger partial charge is 0.142 e. The first-order valence-corrected chi connectivity index (χ1v) is 8.41. The van der Waals surface area contributed by atoms with Gasteiger partial charge >= 0.3 is 0 Å². The van der Waals surface area contributed by atoms with E-state index in [4.69, 9.17) is 4.74 Å². The summed E-state index contributed by atoms with van der Waals surface area (Å²) in [4.78, 5) is 2.55. The highest BCUT2D eigenvalue weighted by atomic mass is 16.5. The number of para-hydroxylation sites is 2. The minimum Gasteiger partial charge on any atom is -0.491 e. The minimum absolute atomic E-state index is 0.552. The normalized spacial score (nSPS) is 16.3. The first-order chi connectivity index (χ1) is 10.2. The van der Waals surface area contributed by atoms with Crippen LogP contribution in [0.25, 0.3) is 0 Å². The van der Waals surface area contributed by atoms with E-state index in [1.54, 1.807) is 0 Å². The van der Waals surface area contributed by atoms with Gasteiger partial charge in [-0.05, 0) is 37.4 Å². The summed E-state index contributed by atoms with van der Waals surface area (Å²) >= 11 is 0. The van der Waals surface area contributed by atoms with Crippen molar-refractivity contribution in [1.29, 1.82) is 0 Å². The molecule has 1 unspecified atom stereocenters. The van der Waals surface area contributed by atoms with Crippen LogP contribution in [0.2, 0.25) is 0 Å². The Morgan fingerprint density at radius 3 is 2.81 bits per heavy atom.